The maximum absolute atomic E-state index is 12.8. The summed E-state index contributed by atoms with van der Waals surface area (Å²) in [5.74, 6) is 1.74. The van der Waals surface area contributed by atoms with Gasteiger partial charge in [0.15, 0.2) is 5.16 Å². The Morgan fingerprint density at radius 2 is 2.08 bits per heavy atom. The minimum atomic E-state index is 0.126. The summed E-state index contributed by atoms with van der Waals surface area (Å²) in [7, 11) is 1.66. The van der Waals surface area contributed by atoms with Crippen LogP contribution in [0.2, 0.25) is 0 Å². The lowest BCUT2D eigenvalue weighted by molar-refractivity contribution is 0.414. The molecule has 4 nitrogen and oxygen atoms in total. The first-order valence-electron chi connectivity index (χ1n) is 8.07. The predicted octanol–water partition coefficient (Wildman–Crippen LogP) is 4.06. The fourth-order valence-electron chi connectivity index (χ4n) is 3.14. The molecule has 0 radical (unpaired) electrons. The van der Waals surface area contributed by atoms with Crippen LogP contribution in [0.25, 0.3) is 16.0 Å². The zero-order chi connectivity index (χ0) is 16.7. The van der Waals surface area contributed by atoms with E-state index in [1.165, 1.54) is 4.88 Å². The van der Waals surface area contributed by atoms with E-state index in [4.69, 9.17) is 9.72 Å². The van der Waals surface area contributed by atoms with Gasteiger partial charge in [-0.15, -0.1) is 11.3 Å². The van der Waals surface area contributed by atoms with Gasteiger partial charge < -0.3 is 4.74 Å². The molecule has 4 rings (SSSR count). The fourth-order valence-corrected chi connectivity index (χ4v) is 5.26. The van der Waals surface area contributed by atoms with E-state index in [1.807, 2.05) is 24.3 Å². The molecule has 0 aliphatic heterocycles. The molecule has 0 spiro atoms. The Labute approximate surface area is 148 Å². The summed E-state index contributed by atoms with van der Waals surface area (Å²) in [6, 6.07) is 7.92. The van der Waals surface area contributed by atoms with E-state index >= 15 is 0 Å². The van der Waals surface area contributed by atoms with Crippen LogP contribution in [-0.2, 0) is 12.8 Å². The average molecular weight is 358 g/mol. The van der Waals surface area contributed by atoms with E-state index in [-0.39, 0.29) is 5.43 Å². The molecule has 0 fully saturated rings. The molecule has 24 heavy (non-hydrogen) atoms. The molecule has 0 unspecified atom stereocenters. The Morgan fingerprint density at radius 1 is 1.29 bits per heavy atom. The summed E-state index contributed by atoms with van der Waals surface area (Å²) >= 11 is 3.39. The van der Waals surface area contributed by atoms with Crippen molar-refractivity contribution in [3.8, 4) is 11.4 Å². The zero-order valence-corrected chi connectivity index (χ0v) is 15.3. The molecule has 0 saturated heterocycles. The molecule has 0 N–H and O–H groups in total. The Hall–Kier alpha value is -1.79. The third-order valence-electron chi connectivity index (χ3n) is 4.28. The molecule has 0 atom stereocenters. The predicted molar refractivity (Wildman–Crippen MR) is 100 cm³/mol. The van der Waals surface area contributed by atoms with E-state index in [9.17, 15) is 4.79 Å². The lowest BCUT2D eigenvalue weighted by Gasteiger charge is -2.09. The quantitative estimate of drug-likeness (QED) is 0.660. The first-order valence-corrected chi connectivity index (χ1v) is 9.87. The van der Waals surface area contributed by atoms with E-state index in [1.54, 1.807) is 30.2 Å². The van der Waals surface area contributed by atoms with Crippen LogP contribution in [-0.4, -0.2) is 22.4 Å². The Bertz CT molecular complexity index is 958. The van der Waals surface area contributed by atoms with Crippen LogP contribution < -0.4 is 10.2 Å². The number of hydrogen-bond acceptors (Lipinski definition) is 5. The third-order valence-corrected chi connectivity index (χ3v) is 6.37. The number of thioether (sulfide) groups is 1. The molecule has 1 aliphatic carbocycles. The van der Waals surface area contributed by atoms with Gasteiger partial charge in [-0.3, -0.25) is 9.36 Å². The second kappa shape index (κ2) is 6.26. The molecule has 0 saturated carbocycles. The maximum Gasteiger partial charge on any atom is 0.211 e. The number of methoxy groups -OCH3 is 1. The number of hydrogen-bond donors (Lipinski definition) is 0. The van der Waals surface area contributed by atoms with E-state index < -0.39 is 0 Å². The molecule has 2 heterocycles. The van der Waals surface area contributed by atoms with Crippen molar-refractivity contribution in [1.82, 2.24) is 9.55 Å². The normalized spacial score (nSPS) is 13.4. The van der Waals surface area contributed by atoms with Crippen LogP contribution >= 0.6 is 23.1 Å². The molecule has 1 aromatic carbocycles. The molecular formula is C18H18N2O2S2. The highest BCUT2D eigenvalue weighted by Crippen LogP contribution is 2.34. The number of imidazole rings is 1. The van der Waals surface area contributed by atoms with E-state index in [0.717, 1.165) is 52.0 Å². The second-order valence-corrected chi connectivity index (χ2v) is 8.02. The average Bonchev–Trinajstić information content (AvgIpc) is 3.21. The number of benzene rings is 1. The summed E-state index contributed by atoms with van der Waals surface area (Å²) in [4.78, 5) is 19.7. The lowest BCUT2D eigenvalue weighted by Crippen LogP contribution is -2.07. The van der Waals surface area contributed by atoms with Crippen LogP contribution in [0.4, 0.5) is 0 Å². The van der Waals surface area contributed by atoms with Gasteiger partial charge in [0, 0.05) is 16.1 Å². The number of fused-ring (bicyclic) bond motifs is 2. The van der Waals surface area contributed by atoms with Crippen molar-refractivity contribution in [2.75, 3.05) is 12.9 Å². The smallest absolute Gasteiger partial charge is 0.211 e. The van der Waals surface area contributed by atoms with Crippen LogP contribution in [0.15, 0.2) is 34.2 Å². The van der Waals surface area contributed by atoms with Crippen molar-refractivity contribution in [3.63, 3.8) is 0 Å². The number of ether oxygens (including phenoxy) is 1. The van der Waals surface area contributed by atoms with Crippen LogP contribution in [0.5, 0.6) is 5.75 Å². The van der Waals surface area contributed by atoms with Crippen molar-refractivity contribution < 1.29 is 4.74 Å². The number of aromatic nitrogens is 2. The monoisotopic (exact) mass is 358 g/mol. The lowest BCUT2D eigenvalue weighted by atomic mass is 10.2. The van der Waals surface area contributed by atoms with Gasteiger partial charge in [-0.1, -0.05) is 18.7 Å². The highest BCUT2D eigenvalue weighted by molar-refractivity contribution is 7.99. The summed E-state index contributed by atoms with van der Waals surface area (Å²) < 4.78 is 7.37. The maximum atomic E-state index is 12.8. The van der Waals surface area contributed by atoms with Crippen LogP contribution in [0, 0.1) is 0 Å². The van der Waals surface area contributed by atoms with Crippen molar-refractivity contribution in [3.05, 3.63) is 44.9 Å². The minimum absolute atomic E-state index is 0.126. The molecular weight excluding hydrogens is 340 g/mol. The van der Waals surface area contributed by atoms with Crippen molar-refractivity contribution in [2.45, 2.75) is 31.3 Å². The largest absolute Gasteiger partial charge is 0.497 e. The Balaban J connectivity index is 1.99. The summed E-state index contributed by atoms with van der Waals surface area (Å²) in [6.07, 6.45) is 2.98. The van der Waals surface area contributed by atoms with Gasteiger partial charge in [0.25, 0.3) is 0 Å². The minimum Gasteiger partial charge on any atom is -0.497 e. The highest BCUT2D eigenvalue weighted by Gasteiger charge is 2.23. The van der Waals surface area contributed by atoms with Crippen molar-refractivity contribution >= 4 is 33.4 Å². The van der Waals surface area contributed by atoms with Gasteiger partial charge in [-0.25, -0.2) is 4.98 Å². The summed E-state index contributed by atoms with van der Waals surface area (Å²) in [5.41, 5.74) is 2.75. The SMILES string of the molecule is CCSc1nc2c(=O)c3c(sc2n1-c1ccc(OC)cc1)CCC3. The number of nitrogens with zero attached hydrogens (tertiary/aromatic N) is 2. The zero-order valence-electron chi connectivity index (χ0n) is 13.7. The van der Waals surface area contributed by atoms with Gasteiger partial charge >= 0.3 is 0 Å². The molecule has 2 aromatic heterocycles. The molecule has 0 amide bonds. The molecule has 6 heteroatoms. The van der Waals surface area contributed by atoms with Gasteiger partial charge in [-0.05, 0) is 49.3 Å². The van der Waals surface area contributed by atoms with Gasteiger partial charge in [0.05, 0.1) is 7.11 Å². The molecule has 124 valence electrons. The van der Waals surface area contributed by atoms with Crippen molar-refractivity contribution in [2.24, 2.45) is 0 Å². The topological polar surface area (TPSA) is 44.1 Å². The Morgan fingerprint density at radius 3 is 2.79 bits per heavy atom. The molecule has 0 bridgehead atoms. The molecule has 3 aromatic rings. The van der Waals surface area contributed by atoms with E-state index in [0.29, 0.717) is 5.52 Å². The second-order valence-electron chi connectivity index (χ2n) is 5.70. The van der Waals surface area contributed by atoms with Gasteiger partial charge in [0.1, 0.15) is 16.1 Å². The first-order chi connectivity index (χ1) is 11.7. The van der Waals surface area contributed by atoms with E-state index in [2.05, 4.69) is 11.5 Å². The fraction of sp³-hybridized carbons (Fsp3) is 0.333. The molecule has 1 aliphatic rings. The van der Waals surface area contributed by atoms with Crippen molar-refractivity contribution in [1.29, 1.82) is 0 Å². The van der Waals surface area contributed by atoms with Gasteiger partial charge in [0.2, 0.25) is 5.43 Å². The third kappa shape index (κ3) is 2.45. The Kier molecular flexibility index (Phi) is 4.10. The van der Waals surface area contributed by atoms with Gasteiger partial charge in [-0.2, -0.15) is 0 Å². The number of rotatable bonds is 4. The number of aryl methyl sites for hydroxylation is 1. The van der Waals surface area contributed by atoms with Crippen LogP contribution in [0.3, 0.4) is 0 Å². The summed E-state index contributed by atoms with van der Waals surface area (Å²) in [6.45, 7) is 2.10. The summed E-state index contributed by atoms with van der Waals surface area (Å²) in [5, 5.41) is 0.884. The first kappa shape index (κ1) is 15.7. The van der Waals surface area contributed by atoms with Crippen LogP contribution in [0.1, 0.15) is 23.8 Å². The standard InChI is InChI=1S/C18H18N2O2S2/c1-3-23-18-19-15-16(21)13-5-4-6-14(13)24-17(15)20(18)11-7-9-12(22-2)10-8-11/h7-10H,3-6H2,1-2H3. The highest BCUT2D eigenvalue weighted by atomic mass is 32.2.